The van der Waals surface area contributed by atoms with Crippen molar-refractivity contribution in [3.05, 3.63) is 376 Å². The third kappa shape index (κ3) is 14.0. The Morgan fingerprint density at radius 2 is 0.675 bits per heavy atom. The van der Waals surface area contributed by atoms with E-state index >= 15 is 0 Å². The molecule has 0 radical (unpaired) electrons. The normalized spacial score (nSPS) is 19.2. The quantitative estimate of drug-likeness (QED) is 0.142. The second-order valence-electron chi connectivity index (χ2n) is 33.3. The number of anilines is 5. The van der Waals surface area contributed by atoms with E-state index < -0.39 is 29.5 Å². The van der Waals surface area contributed by atoms with E-state index in [0.717, 1.165) is 145 Å². The van der Waals surface area contributed by atoms with Gasteiger partial charge in [0, 0.05) is 56.8 Å². The van der Waals surface area contributed by atoms with Crippen molar-refractivity contribution in [2.24, 2.45) is 15.0 Å². The average molecular weight is 1640 g/mol. The number of aromatic nitrogens is 8. The number of benzene rings is 8. The maximum Gasteiger partial charge on any atom is 0.416 e. The molecular weight excluding hydrogens is 1550 g/mol. The van der Waals surface area contributed by atoms with Gasteiger partial charge in [0.2, 0.25) is 5.95 Å². The Morgan fingerprint density at radius 3 is 1.06 bits per heavy atom. The van der Waals surface area contributed by atoms with E-state index in [-0.39, 0.29) is 24.1 Å². The number of allylic oxidation sites excluding steroid dienone is 1. The van der Waals surface area contributed by atoms with E-state index in [4.69, 9.17) is 15.7 Å². The molecule has 24 rings (SSSR count). The highest BCUT2D eigenvalue weighted by atomic mass is 19.4. The molecule has 11 heterocycles. The molecule has 4 unspecified atom stereocenters. The molecule has 12 aromatic rings. The van der Waals surface area contributed by atoms with Crippen LogP contribution in [0.4, 0.5) is 55.6 Å². The molecule has 0 saturated carbocycles. The minimum absolute atomic E-state index is 0.145. The number of nitrogen functional groups attached to an aromatic ring is 1. The standard InChI is InChI=1S/C26H23N3.C25H20F3N5.C25H19F3N4.C25H22N4/c1-17-6-4-8-19(14-17)25-23-15-18-7-2-3-9-20(18)21(23)12-13-29(25)26-22-10-5-11-24(22)27-16-28-26;26-25(27,28)16-6-3-5-15(10-16)22-19-11-14-4-1-2-7-17(14)18(19)8-9-33(22)23-20-12-30-13-21(20)31-24(29)32-23;26-25(27,28)17-6-3-5-16(10-17)23-20-11-15-4-1-2-7-18(15)19(20)8-9-32(23)24-21-12-29-13-22(21)30-14-31-24;1-16-5-4-7-18(11-16)24-21-12-17-6-2-3-8-19(17)20(21)9-10-29(24)25-22-13-26-14-23(22)27-15-28-25/h2-10,14,16,25H,11-13,15H2,1H3;1-7,10,12,22H,8-9,11,13H2,(H2,29,31,32);1-7,10,12,14,23H,8-9,11,13H2;2-8,11,13,15,24H,9-10,12,14H2,1H3. The summed E-state index contributed by atoms with van der Waals surface area (Å²) < 4.78 is 81.4. The third-order valence-corrected chi connectivity index (χ3v) is 26.1. The molecule has 2 N–H and O–H groups in total. The fourth-order valence-corrected chi connectivity index (χ4v) is 20.9. The van der Waals surface area contributed by atoms with Crippen LogP contribution in [-0.2, 0) is 64.1 Å². The molecule has 610 valence electrons. The predicted molar refractivity (Wildman–Crippen MR) is 471 cm³/mol. The Balaban J connectivity index is 0.000000101. The Hall–Kier alpha value is -13.6. The summed E-state index contributed by atoms with van der Waals surface area (Å²) in [6.45, 7) is 9.13. The first-order valence-electron chi connectivity index (χ1n) is 42.1. The number of nitrogens with two attached hydrogens (primary N) is 1. The van der Waals surface area contributed by atoms with Crippen LogP contribution in [0.1, 0.15) is 184 Å². The largest absolute Gasteiger partial charge is 0.416 e. The summed E-state index contributed by atoms with van der Waals surface area (Å²) in [5, 5.41) is 0. The second kappa shape index (κ2) is 31.1. The summed E-state index contributed by atoms with van der Waals surface area (Å²) in [4.78, 5) is 58.5. The molecule has 5 aliphatic carbocycles. The number of nitrogens with zero attached hydrogens (tertiary/aromatic N) is 15. The lowest BCUT2D eigenvalue weighted by Gasteiger charge is -2.39. The van der Waals surface area contributed by atoms with Gasteiger partial charge in [-0.2, -0.15) is 31.3 Å². The van der Waals surface area contributed by atoms with Gasteiger partial charge in [-0.15, -0.1) is 0 Å². The van der Waals surface area contributed by atoms with Gasteiger partial charge in [0.1, 0.15) is 42.3 Å². The highest BCUT2D eigenvalue weighted by Gasteiger charge is 2.45. The van der Waals surface area contributed by atoms with Crippen LogP contribution < -0.4 is 25.3 Å². The van der Waals surface area contributed by atoms with E-state index in [1.165, 1.54) is 131 Å². The summed E-state index contributed by atoms with van der Waals surface area (Å²) in [7, 11) is 0. The topological polar surface area (TPSA) is 179 Å². The number of hydrogen-bond donors (Lipinski definition) is 1. The van der Waals surface area contributed by atoms with Crippen LogP contribution in [0.5, 0.6) is 0 Å². The van der Waals surface area contributed by atoms with Crippen molar-refractivity contribution < 1.29 is 26.3 Å². The van der Waals surface area contributed by atoms with Gasteiger partial charge >= 0.3 is 12.4 Å². The number of alkyl halides is 6. The zero-order valence-corrected chi connectivity index (χ0v) is 67.8. The monoisotopic (exact) mass is 1630 g/mol. The number of hydrogen-bond acceptors (Lipinski definition) is 16. The Labute approximate surface area is 708 Å². The number of aryl methyl sites for hydroxylation is 2. The van der Waals surface area contributed by atoms with Crippen molar-refractivity contribution >= 4 is 76.2 Å². The van der Waals surface area contributed by atoms with Crippen LogP contribution in [0.3, 0.4) is 0 Å². The minimum atomic E-state index is -4.42. The van der Waals surface area contributed by atoms with Crippen molar-refractivity contribution in [2.45, 2.75) is 128 Å². The number of rotatable bonds is 8. The predicted octanol–water partition coefficient (Wildman–Crippen LogP) is 20.4. The number of aliphatic imine (C=N–C) groups is 3. The van der Waals surface area contributed by atoms with Gasteiger partial charge in [0.15, 0.2) is 0 Å². The van der Waals surface area contributed by atoms with Gasteiger partial charge in [-0.3, -0.25) is 15.0 Å². The molecular formula is C101H84F6N16. The zero-order chi connectivity index (χ0) is 83.4. The lowest BCUT2D eigenvalue weighted by Crippen LogP contribution is -2.36. The molecule has 7 aliphatic heterocycles. The van der Waals surface area contributed by atoms with Crippen molar-refractivity contribution in [2.75, 3.05) is 51.5 Å². The molecule has 0 amide bonds. The van der Waals surface area contributed by atoms with Crippen molar-refractivity contribution in [1.29, 1.82) is 0 Å². The first-order chi connectivity index (χ1) is 60.0. The smallest absolute Gasteiger partial charge is 0.368 e. The van der Waals surface area contributed by atoms with E-state index in [2.05, 4.69) is 212 Å². The SMILES string of the molecule is Cc1cccc(C2C3=C(CCN2c2ncnc4c2C=CC4)c2ccccc2C3)c1.Cc1cccc(C2C3=C(CCN2c2ncnc4c2C=NC4)c2ccccc2C3)c1.FC(F)(F)c1cccc(C2C3=C(CCN2c2ncnc4c2C=NC4)c2ccccc2C3)c1.Nc1nc2c(c(N3CCC4=C(Cc5ccccc54)C3c3cccc(C(F)(F)F)c3)n1)C=NC2. The second-order valence-corrected chi connectivity index (χ2v) is 33.3. The molecule has 123 heavy (non-hydrogen) atoms. The molecule has 0 fully saturated rings. The molecule has 4 atom stereocenters. The highest BCUT2D eigenvalue weighted by molar-refractivity contribution is 5.94. The van der Waals surface area contributed by atoms with E-state index in [1.807, 2.05) is 30.5 Å². The van der Waals surface area contributed by atoms with Crippen molar-refractivity contribution in [1.82, 2.24) is 39.9 Å². The summed E-state index contributed by atoms with van der Waals surface area (Å²) in [6, 6.07) is 63.2. The van der Waals surface area contributed by atoms with Crippen LogP contribution in [0.15, 0.2) is 256 Å². The van der Waals surface area contributed by atoms with Crippen molar-refractivity contribution in [3.8, 4) is 0 Å². The van der Waals surface area contributed by atoms with Crippen LogP contribution >= 0.6 is 0 Å². The van der Waals surface area contributed by atoms with E-state index in [0.29, 0.717) is 56.1 Å². The fourth-order valence-electron chi connectivity index (χ4n) is 20.9. The van der Waals surface area contributed by atoms with Gasteiger partial charge in [-0.25, -0.2) is 34.9 Å². The average Bonchev–Trinajstić information content (AvgIpc) is 1.62. The van der Waals surface area contributed by atoms with Crippen molar-refractivity contribution in [3.63, 3.8) is 0 Å². The molecule has 22 heteroatoms. The molecule has 12 aliphatic rings. The van der Waals surface area contributed by atoms with Crippen LogP contribution in [-0.4, -0.2) is 84.7 Å². The van der Waals surface area contributed by atoms with Gasteiger partial charge < -0.3 is 25.3 Å². The molecule has 0 saturated heterocycles. The molecule has 8 aromatic carbocycles. The molecule has 16 nitrogen and oxygen atoms in total. The summed E-state index contributed by atoms with van der Waals surface area (Å²) in [5.74, 6) is 3.61. The maximum absolute atomic E-state index is 13.6. The first-order valence-corrected chi connectivity index (χ1v) is 42.1. The van der Waals surface area contributed by atoms with E-state index in [9.17, 15) is 26.3 Å². The summed E-state index contributed by atoms with van der Waals surface area (Å²) in [5.41, 5.74) is 40.5. The first kappa shape index (κ1) is 76.7. The number of fused-ring (bicyclic) bond motifs is 12. The van der Waals surface area contributed by atoms with Gasteiger partial charge in [-0.05, 0) is 201 Å². The minimum Gasteiger partial charge on any atom is -0.368 e. The molecule has 0 spiro atoms. The zero-order valence-electron chi connectivity index (χ0n) is 67.8. The third-order valence-electron chi connectivity index (χ3n) is 26.1. The van der Waals surface area contributed by atoms with Crippen LogP contribution in [0, 0.1) is 13.8 Å². The molecule has 4 aromatic heterocycles. The van der Waals surface area contributed by atoms with Crippen LogP contribution in [0.25, 0.3) is 28.4 Å². The Bertz CT molecular complexity index is 6400. The lowest BCUT2D eigenvalue weighted by molar-refractivity contribution is -0.138. The molecule has 0 bridgehead atoms. The fraction of sp³-hybridized carbons (Fsp3) is 0.238. The van der Waals surface area contributed by atoms with Gasteiger partial charge in [-0.1, -0.05) is 193 Å². The summed E-state index contributed by atoms with van der Waals surface area (Å²) in [6.07, 6.45) is 14.1. The van der Waals surface area contributed by atoms with Crippen LogP contribution in [0.2, 0.25) is 0 Å². The Morgan fingerprint density at radius 1 is 0.341 bits per heavy atom. The Kier molecular flexibility index (Phi) is 19.4. The highest BCUT2D eigenvalue weighted by Crippen LogP contribution is 2.55. The lowest BCUT2D eigenvalue weighted by atomic mass is 9.87. The van der Waals surface area contributed by atoms with Gasteiger partial charge in [0.25, 0.3) is 0 Å². The van der Waals surface area contributed by atoms with Gasteiger partial charge in [0.05, 0.1) is 94.4 Å². The number of halogens is 6. The maximum atomic E-state index is 13.6. The van der Waals surface area contributed by atoms with E-state index in [1.54, 1.807) is 42.8 Å². The summed E-state index contributed by atoms with van der Waals surface area (Å²) >= 11 is 0.